The van der Waals surface area contributed by atoms with Gasteiger partial charge in [-0.25, -0.2) is 9.50 Å². The van der Waals surface area contributed by atoms with Crippen molar-refractivity contribution >= 4 is 34.7 Å². The number of halogens is 1. The van der Waals surface area contributed by atoms with E-state index in [1.807, 2.05) is 36.2 Å². The molecular formula is C21H23ClN6O3. The zero-order chi connectivity index (χ0) is 22.1. The minimum Gasteiger partial charge on any atom is -0.497 e. The number of anilines is 1. The van der Waals surface area contributed by atoms with Crippen molar-refractivity contribution in [2.24, 2.45) is 0 Å². The average molecular weight is 443 g/mol. The van der Waals surface area contributed by atoms with Crippen LogP contribution in [-0.4, -0.2) is 65.1 Å². The minimum atomic E-state index is -0.542. The highest BCUT2D eigenvalue weighted by Crippen LogP contribution is 2.25. The molecule has 2 aromatic heterocycles. The maximum absolute atomic E-state index is 12.8. The summed E-state index contributed by atoms with van der Waals surface area (Å²) in [7, 11) is 5.26. The van der Waals surface area contributed by atoms with E-state index in [1.54, 1.807) is 25.1 Å². The van der Waals surface area contributed by atoms with Crippen LogP contribution in [0.3, 0.4) is 0 Å². The van der Waals surface area contributed by atoms with Gasteiger partial charge in [-0.1, -0.05) is 23.7 Å². The molecule has 1 aromatic carbocycles. The van der Waals surface area contributed by atoms with Crippen molar-refractivity contribution in [3.63, 3.8) is 0 Å². The fraction of sp³-hybridized carbons (Fsp3) is 0.333. The summed E-state index contributed by atoms with van der Waals surface area (Å²) in [6.07, 6.45) is 2.02. The molecule has 1 fully saturated rings. The van der Waals surface area contributed by atoms with E-state index in [-0.39, 0.29) is 16.8 Å². The van der Waals surface area contributed by atoms with Gasteiger partial charge in [-0.3, -0.25) is 9.59 Å². The van der Waals surface area contributed by atoms with Crippen molar-refractivity contribution in [3.05, 3.63) is 52.9 Å². The Kier molecular flexibility index (Phi) is 5.69. The van der Waals surface area contributed by atoms with E-state index >= 15 is 0 Å². The van der Waals surface area contributed by atoms with Crippen molar-refractivity contribution in [2.45, 2.75) is 19.0 Å². The first-order valence-electron chi connectivity index (χ1n) is 9.81. The molecule has 10 heteroatoms. The summed E-state index contributed by atoms with van der Waals surface area (Å²) >= 11 is 6.26. The highest BCUT2D eigenvalue weighted by molar-refractivity contribution is 6.29. The van der Waals surface area contributed by atoms with Crippen LogP contribution in [0.25, 0.3) is 5.65 Å². The van der Waals surface area contributed by atoms with Gasteiger partial charge in [0.15, 0.2) is 16.5 Å². The number of ether oxygens (including phenoxy) is 1. The summed E-state index contributed by atoms with van der Waals surface area (Å²) in [6, 6.07) is 8.94. The predicted octanol–water partition coefficient (Wildman–Crippen LogP) is 1.99. The lowest BCUT2D eigenvalue weighted by molar-refractivity contribution is -0.128. The molecule has 0 bridgehead atoms. The molecule has 1 N–H and O–H groups in total. The molecule has 162 valence electrons. The molecule has 9 nitrogen and oxygen atoms in total. The topological polar surface area (TPSA) is 92.1 Å². The molecule has 2 amide bonds. The van der Waals surface area contributed by atoms with E-state index in [0.717, 1.165) is 17.0 Å². The van der Waals surface area contributed by atoms with E-state index in [4.69, 9.17) is 16.3 Å². The van der Waals surface area contributed by atoms with E-state index in [9.17, 15) is 9.59 Å². The number of benzene rings is 1. The standard InChI is InChI=1S/C21H23ClN6O3/c1-26-9-8-15(21(26)30)24-20(29)17-11-23-19-16(10-18(22)25-28(17)19)27(2)12-13-4-6-14(31-3)7-5-13/h4-7,10-11,15H,8-9,12H2,1-3H3,(H,24,29). The minimum absolute atomic E-state index is 0.104. The fourth-order valence-corrected chi connectivity index (χ4v) is 3.82. The second-order valence-electron chi connectivity index (χ2n) is 7.51. The van der Waals surface area contributed by atoms with Gasteiger partial charge >= 0.3 is 0 Å². The van der Waals surface area contributed by atoms with Crippen molar-refractivity contribution in [3.8, 4) is 5.75 Å². The molecule has 1 atom stereocenters. The molecular weight excluding hydrogens is 420 g/mol. The Morgan fingerprint density at radius 1 is 1.35 bits per heavy atom. The molecule has 3 heterocycles. The number of amides is 2. The van der Waals surface area contributed by atoms with Crippen LogP contribution in [0.15, 0.2) is 36.5 Å². The lowest BCUT2D eigenvalue weighted by Gasteiger charge is -2.20. The van der Waals surface area contributed by atoms with Gasteiger partial charge in [0.05, 0.1) is 19.0 Å². The van der Waals surface area contributed by atoms with Gasteiger partial charge in [-0.15, -0.1) is 0 Å². The Morgan fingerprint density at radius 2 is 2.10 bits per heavy atom. The number of fused-ring (bicyclic) bond motifs is 1. The van der Waals surface area contributed by atoms with Gasteiger partial charge in [0, 0.05) is 33.3 Å². The largest absolute Gasteiger partial charge is 0.497 e. The number of methoxy groups -OCH3 is 1. The van der Waals surface area contributed by atoms with Gasteiger partial charge in [0.1, 0.15) is 11.8 Å². The molecule has 0 spiro atoms. The maximum atomic E-state index is 12.8. The van der Waals surface area contributed by atoms with Crippen LogP contribution < -0.4 is 15.0 Å². The van der Waals surface area contributed by atoms with E-state index in [2.05, 4.69) is 15.4 Å². The molecule has 0 aliphatic carbocycles. The van der Waals surface area contributed by atoms with E-state index in [1.165, 1.54) is 10.7 Å². The van der Waals surface area contributed by atoms with Crippen LogP contribution in [0.4, 0.5) is 5.69 Å². The number of aromatic nitrogens is 3. The summed E-state index contributed by atoms with van der Waals surface area (Å²) in [6.45, 7) is 1.21. The van der Waals surface area contributed by atoms with Gasteiger partial charge in [0.2, 0.25) is 5.91 Å². The van der Waals surface area contributed by atoms with Crippen LogP contribution in [0.5, 0.6) is 5.75 Å². The Bertz CT molecular complexity index is 1130. The first kappa shape index (κ1) is 20.9. The van der Waals surface area contributed by atoms with Gasteiger partial charge in [-0.2, -0.15) is 5.10 Å². The number of rotatable bonds is 6. The Hall–Kier alpha value is -3.33. The van der Waals surface area contributed by atoms with E-state index < -0.39 is 11.9 Å². The Balaban J connectivity index is 1.59. The first-order chi connectivity index (χ1) is 14.9. The number of carbonyl (C=O) groups excluding carboxylic acids is 2. The van der Waals surface area contributed by atoms with Crippen molar-refractivity contribution < 1.29 is 14.3 Å². The van der Waals surface area contributed by atoms with Crippen LogP contribution >= 0.6 is 11.6 Å². The molecule has 31 heavy (non-hydrogen) atoms. The maximum Gasteiger partial charge on any atom is 0.272 e. The Morgan fingerprint density at radius 3 is 2.74 bits per heavy atom. The zero-order valence-corrected chi connectivity index (χ0v) is 18.3. The second-order valence-corrected chi connectivity index (χ2v) is 7.90. The van der Waals surface area contributed by atoms with Gasteiger partial charge in [0.25, 0.3) is 5.91 Å². The molecule has 0 radical (unpaired) electrons. The molecule has 0 saturated carbocycles. The van der Waals surface area contributed by atoms with Gasteiger partial charge in [-0.05, 0) is 24.1 Å². The van der Waals surface area contributed by atoms with E-state index in [0.29, 0.717) is 25.2 Å². The summed E-state index contributed by atoms with van der Waals surface area (Å²) in [5.41, 5.74) is 2.52. The summed E-state index contributed by atoms with van der Waals surface area (Å²) in [5, 5.41) is 7.26. The fourth-order valence-electron chi connectivity index (χ4n) is 3.64. The summed E-state index contributed by atoms with van der Waals surface area (Å²) < 4.78 is 6.62. The number of likely N-dealkylation sites (N-methyl/N-ethyl adjacent to an activating group) is 1. The molecule has 4 rings (SSSR count). The molecule has 1 aliphatic rings. The third-order valence-electron chi connectivity index (χ3n) is 5.37. The first-order valence-corrected chi connectivity index (χ1v) is 10.2. The van der Waals surface area contributed by atoms with Crippen LogP contribution in [0, 0.1) is 0 Å². The zero-order valence-electron chi connectivity index (χ0n) is 17.5. The highest BCUT2D eigenvalue weighted by atomic mass is 35.5. The third kappa shape index (κ3) is 4.13. The number of carbonyl (C=O) groups is 2. The second kappa shape index (κ2) is 8.43. The SMILES string of the molecule is COc1ccc(CN(C)c2cc(Cl)nn3c(C(=O)NC4CCN(C)C4=O)cnc23)cc1. The Labute approximate surface area is 184 Å². The van der Waals surface area contributed by atoms with Crippen molar-refractivity contribution in [1.82, 2.24) is 24.8 Å². The molecule has 3 aromatic rings. The number of hydrogen-bond acceptors (Lipinski definition) is 6. The number of likely N-dealkylation sites (tertiary alicyclic amines) is 1. The number of imidazole rings is 1. The highest BCUT2D eigenvalue weighted by Gasteiger charge is 2.31. The molecule has 1 unspecified atom stereocenters. The predicted molar refractivity (Wildman–Crippen MR) is 117 cm³/mol. The number of nitrogens with zero attached hydrogens (tertiary/aromatic N) is 5. The van der Waals surface area contributed by atoms with Crippen LogP contribution in [-0.2, 0) is 11.3 Å². The van der Waals surface area contributed by atoms with Crippen LogP contribution in [0.2, 0.25) is 5.15 Å². The van der Waals surface area contributed by atoms with Crippen LogP contribution in [0.1, 0.15) is 22.5 Å². The van der Waals surface area contributed by atoms with Crippen molar-refractivity contribution in [2.75, 3.05) is 32.6 Å². The number of nitrogens with one attached hydrogen (secondary N) is 1. The monoisotopic (exact) mass is 442 g/mol. The quantitative estimate of drug-likeness (QED) is 0.627. The molecule has 1 aliphatic heterocycles. The normalized spacial score (nSPS) is 16.1. The average Bonchev–Trinajstić information content (AvgIpc) is 3.32. The molecule has 1 saturated heterocycles. The van der Waals surface area contributed by atoms with Gasteiger partial charge < -0.3 is 19.9 Å². The smallest absolute Gasteiger partial charge is 0.272 e. The summed E-state index contributed by atoms with van der Waals surface area (Å²) in [5.74, 6) is 0.268. The summed E-state index contributed by atoms with van der Waals surface area (Å²) in [4.78, 5) is 32.9. The lowest BCUT2D eigenvalue weighted by atomic mass is 10.2. The van der Waals surface area contributed by atoms with Crippen molar-refractivity contribution in [1.29, 1.82) is 0 Å². The lowest BCUT2D eigenvalue weighted by Crippen LogP contribution is -2.41. The number of hydrogen-bond donors (Lipinski definition) is 1. The third-order valence-corrected chi connectivity index (χ3v) is 5.56.